The van der Waals surface area contributed by atoms with Crippen LogP contribution < -0.4 is 11.1 Å². The summed E-state index contributed by atoms with van der Waals surface area (Å²) in [6.07, 6.45) is 6.60. The molecule has 1 aromatic rings. The molecular weight excluding hydrogens is 260 g/mol. The summed E-state index contributed by atoms with van der Waals surface area (Å²) in [4.78, 5) is 11.6. The minimum atomic E-state index is -0.0221. The van der Waals surface area contributed by atoms with Crippen LogP contribution in [0, 0.1) is 5.92 Å². The van der Waals surface area contributed by atoms with Crippen molar-refractivity contribution in [1.82, 2.24) is 0 Å². The lowest BCUT2D eigenvalue weighted by Gasteiger charge is -2.29. The maximum Gasteiger partial charge on any atom is 0.228 e. The molecule has 1 amide bonds. The molecule has 1 aliphatic heterocycles. The summed E-state index contributed by atoms with van der Waals surface area (Å²) in [5.74, 6) is 0.545. The molecule has 102 valence electrons. The van der Waals surface area contributed by atoms with E-state index in [0.29, 0.717) is 17.4 Å². The Balaban J connectivity index is 1.93. The molecule has 1 heterocycles. The first kappa shape index (κ1) is 12.9. The van der Waals surface area contributed by atoms with Gasteiger partial charge in [0.1, 0.15) is 0 Å². The first-order valence-corrected chi connectivity index (χ1v) is 7.40. The van der Waals surface area contributed by atoms with Crippen LogP contribution in [0.1, 0.15) is 49.3 Å². The highest BCUT2D eigenvalue weighted by atomic mass is 35.5. The van der Waals surface area contributed by atoms with Gasteiger partial charge >= 0.3 is 0 Å². The van der Waals surface area contributed by atoms with E-state index in [1.165, 1.54) is 32.1 Å². The number of amides is 1. The zero-order valence-corrected chi connectivity index (χ0v) is 11.7. The maximum atomic E-state index is 11.6. The minimum absolute atomic E-state index is 0.0221. The van der Waals surface area contributed by atoms with Gasteiger partial charge in [0.15, 0.2) is 0 Å². The van der Waals surface area contributed by atoms with Crippen molar-refractivity contribution in [2.24, 2.45) is 11.7 Å². The molecule has 0 radical (unpaired) electrons. The Morgan fingerprint density at radius 1 is 1.26 bits per heavy atom. The molecule has 1 unspecified atom stereocenters. The van der Waals surface area contributed by atoms with Crippen LogP contribution in [0.25, 0.3) is 0 Å². The van der Waals surface area contributed by atoms with Gasteiger partial charge < -0.3 is 11.1 Å². The molecule has 1 atom stereocenters. The maximum absolute atomic E-state index is 11.6. The van der Waals surface area contributed by atoms with Gasteiger partial charge in [0, 0.05) is 16.8 Å². The van der Waals surface area contributed by atoms with Crippen molar-refractivity contribution in [2.75, 3.05) is 5.32 Å². The van der Waals surface area contributed by atoms with Gasteiger partial charge in [0.05, 0.1) is 6.42 Å². The highest BCUT2D eigenvalue weighted by Crippen LogP contribution is 2.40. The number of carbonyl (C=O) groups is 1. The van der Waals surface area contributed by atoms with Crippen molar-refractivity contribution in [3.05, 3.63) is 28.3 Å². The topological polar surface area (TPSA) is 55.1 Å². The summed E-state index contributed by atoms with van der Waals surface area (Å²) in [6, 6.07) is 3.77. The third-order valence-electron chi connectivity index (χ3n) is 4.35. The number of rotatable bonds is 2. The quantitative estimate of drug-likeness (QED) is 0.871. The molecule has 1 aromatic carbocycles. The Bertz CT molecular complexity index is 509. The summed E-state index contributed by atoms with van der Waals surface area (Å²) in [5, 5.41) is 3.61. The molecule has 0 spiro atoms. The standard InChI is InChI=1S/C15H19ClN2O/c16-11-6-10-7-13(19)18-15(10)12(8-11)14(17)9-4-2-1-3-5-9/h6,8-9,14H,1-5,7,17H2,(H,18,19). The largest absolute Gasteiger partial charge is 0.325 e. The normalized spacial score (nSPS) is 21.1. The third-order valence-corrected chi connectivity index (χ3v) is 4.57. The van der Waals surface area contributed by atoms with Crippen LogP contribution in [-0.2, 0) is 11.2 Å². The molecule has 0 aromatic heterocycles. The fourth-order valence-corrected chi connectivity index (χ4v) is 3.59. The number of nitrogens with one attached hydrogen (secondary N) is 1. The van der Waals surface area contributed by atoms with Crippen LogP contribution in [0.5, 0.6) is 0 Å². The van der Waals surface area contributed by atoms with E-state index in [1.54, 1.807) is 0 Å². The molecule has 3 N–H and O–H groups in total. The lowest BCUT2D eigenvalue weighted by Crippen LogP contribution is -2.24. The predicted molar refractivity (Wildman–Crippen MR) is 77.3 cm³/mol. The number of hydrogen-bond acceptors (Lipinski definition) is 2. The Morgan fingerprint density at radius 3 is 2.74 bits per heavy atom. The number of nitrogens with two attached hydrogens (primary N) is 1. The third kappa shape index (κ3) is 2.49. The highest BCUT2D eigenvalue weighted by molar-refractivity contribution is 6.31. The minimum Gasteiger partial charge on any atom is -0.325 e. The van der Waals surface area contributed by atoms with E-state index in [-0.39, 0.29) is 11.9 Å². The Kier molecular flexibility index (Phi) is 3.50. The van der Waals surface area contributed by atoms with E-state index in [4.69, 9.17) is 17.3 Å². The molecule has 3 rings (SSSR count). The van der Waals surface area contributed by atoms with Gasteiger partial charge in [-0.3, -0.25) is 4.79 Å². The summed E-state index contributed by atoms with van der Waals surface area (Å²) in [6.45, 7) is 0. The molecule has 1 fully saturated rings. The van der Waals surface area contributed by atoms with Crippen LogP contribution in [0.4, 0.5) is 5.69 Å². The van der Waals surface area contributed by atoms with E-state index < -0.39 is 0 Å². The number of fused-ring (bicyclic) bond motifs is 1. The highest BCUT2D eigenvalue weighted by Gasteiger charge is 2.28. The van der Waals surface area contributed by atoms with Crippen LogP contribution >= 0.6 is 11.6 Å². The molecule has 0 bridgehead atoms. The number of benzene rings is 1. The first-order valence-electron chi connectivity index (χ1n) is 7.03. The van der Waals surface area contributed by atoms with Crippen LogP contribution in [-0.4, -0.2) is 5.91 Å². The molecule has 0 saturated heterocycles. The van der Waals surface area contributed by atoms with Crippen LogP contribution in [0.2, 0.25) is 5.02 Å². The molecule has 1 aliphatic carbocycles. The van der Waals surface area contributed by atoms with Crippen molar-refractivity contribution < 1.29 is 4.79 Å². The van der Waals surface area contributed by atoms with E-state index in [2.05, 4.69) is 5.32 Å². The van der Waals surface area contributed by atoms with Gasteiger partial charge in [-0.2, -0.15) is 0 Å². The average molecular weight is 279 g/mol. The zero-order valence-electron chi connectivity index (χ0n) is 10.9. The lowest BCUT2D eigenvalue weighted by molar-refractivity contribution is -0.115. The summed E-state index contributed by atoms with van der Waals surface area (Å²) in [5.41, 5.74) is 9.36. The number of hydrogen-bond donors (Lipinski definition) is 2. The molecule has 2 aliphatic rings. The van der Waals surface area contributed by atoms with Gasteiger partial charge in [-0.05, 0) is 42.0 Å². The van der Waals surface area contributed by atoms with Gasteiger partial charge in [0.2, 0.25) is 5.91 Å². The SMILES string of the molecule is NC(c1cc(Cl)cc2c1NC(=O)C2)C1CCCCC1. The molecule has 4 heteroatoms. The number of anilines is 1. The van der Waals surface area contributed by atoms with Gasteiger partial charge in [-0.25, -0.2) is 0 Å². The Labute approximate surface area is 118 Å². The molecule has 3 nitrogen and oxygen atoms in total. The molecule has 19 heavy (non-hydrogen) atoms. The lowest BCUT2D eigenvalue weighted by atomic mass is 9.81. The zero-order chi connectivity index (χ0) is 13.4. The summed E-state index contributed by atoms with van der Waals surface area (Å²) in [7, 11) is 0. The monoisotopic (exact) mass is 278 g/mol. The second-order valence-electron chi connectivity index (χ2n) is 5.68. The smallest absolute Gasteiger partial charge is 0.228 e. The van der Waals surface area contributed by atoms with E-state index in [0.717, 1.165) is 16.8 Å². The van der Waals surface area contributed by atoms with E-state index >= 15 is 0 Å². The number of carbonyl (C=O) groups excluding carboxylic acids is 1. The Morgan fingerprint density at radius 2 is 2.00 bits per heavy atom. The van der Waals surface area contributed by atoms with Crippen LogP contribution in [0.15, 0.2) is 12.1 Å². The predicted octanol–water partition coefficient (Wildman–Crippen LogP) is 3.41. The van der Waals surface area contributed by atoms with Gasteiger partial charge in [0.25, 0.3) is 0 Å². The second-order valence-corrected chi connectivity index (χ2v) is 6.11. The fourth-order valence-electron chi connectivity index (χ4n) is 3.34. The van der Waals surface area contributed by atoms with Gasteiger partial charge in [-0.15, -0.1) is 0 Å². The van der Waals surface area contributed by atoms with Crippen molar-refractivity contribution >= 4 is 23.2 Å². The van der Waals surface area contributed by atoms with Crippen molar-refractivity contribution in [1.29, 1.82) is 0 Å². The molecule has 1 saturated carbocycles. The van der Waals surface area contributed by atoms with Crippen molar-refractivity contribution in [3.8, 4) is 0 Å². The van der Waals surface area contributed by atoms with Crippen LogP contribution in [0.3, 0.4) is 0 Å². The van der Waals surface area contributed by atoms with E-state index in [1.807, 2.05) is 12.1 Å². The molecular formula is C15H19ClN2O. The first-order chi connectivity index (χ1) is 9.15. The number of halogens is 1. The average Bonchev–Trinajstić information content (AvgIpc) is 2.78. The second kappa shape index (κ2) is 5.14. The summed E-state index contributed by atoms with van der Waals surface area (Å²) >= 11 is 6.16. The van der Waals surface area contributed by atoms with Gasteiger partial charge in [-0.1, -0.05) is 30.9 Å². The van der Waals surface area contributed by atoms with Crippen molar-refractivity contribution in [2.45, 2.75) is 44.6 Å². The fraction of sp³-hybridized carbons (Fsp3) is 0.533. The van der Waals surface area contributed by atoms with Crippen molar-refractivity contribution in [3.63, 3.8) is 0 Å². The van der Waals surface area contributed by atoms with E-state index in [9.17, 15) is 4.79 Å². The Hall–Kier alpha value is -1.06. The summed E-state index contributed by atoms with van der Waals surface area (Å²) < 4.78 is 0.